The number of hydrogen-bond acceptors (Lipinski definition) is 1. The van der Waals surface area contributed by atoms with E-state index in [0.717, 1.165) is 0 Å². The topological polar surface area (TPSA) is 13.1 Å². The molecule has 1 heterocycles. The lowest BCUT2D eigenvalue weighted by atomic mass is 10.2. The predicted octanol–water partition coefficient (Wildman–Crippen LogP) is 2.37. The molecule has 1 nitrogen and oxygen atoms in total. The summed E-state index contributed by atoms with van der Waals surface area (Å²) >= 11 is 0. The molecule has 0 unspecified atom stereocenters. The Hall–Kier alpha value is -1.31. The number of benzene rings is 1. The molecule has 2 rings (SSSR count). The Bertz CT molecular complexity index is 351. The minimum Gasteiger partial charge on any atom is -0.453 e. The average molecular weight is 135 g/mol. The minimum absolute atomic E-state index is 0.262. The van der Waals surface area contributed by atoms with E-state index in [-0.39, 0.29) is 5.82 Å². The van der Waals surface area contributed by atoms with Crippen LogP contribution in [0.15, 0.2) is 28.7 Å². The molecule has 0 aliphatic carbocycles. The van der Waals surface area contributed by atoms with Crippen LogP contribution in [-0.4, -0.2) is 0 Å². The summed E-state index contributed by atoms with van der Waals surface area (Å²) in [6, 6.07) is 6.19. The van der Waals surface area contributed by atoms with Gasteiger partial charge in [0.1, 0.15) is 11.4 Å². The number of furan rings is 1. The van der Waals surface area contributed by atoms with Crippen LogP contribution in [0.25, 0.3) is 11.0 Å². The van der Waals surface area contributed by atoms with Crippen LogP contribution in [0.1, 0.15) is 0 Å². The van der Waals surface area contributed by atoms with E-state index in [1.54, 1.807) is 12.1 Å². The van der Waals surface area contributed by atoms with Crippen molar-refractivity contribution in [2.45, 2.75) is 0 Å². The van der Waals surface area contributed by atoms with Crippen molar-refractivity contribution < 1.29 is 8.81 Å². The number of fused-ring (bicyclic) bond motifs is 1. The standard InChI is InChI=1S/C8H4FO/c9-7-2-1-3-8-6(7)4-5-10-8/h1-4H. The van der Waals surface area contributed by atoms with Crippen molar-refractivity contribution in [3.05, 3.63) is 36.3 Å². The first-order valence-electron chi connectivity index (χ1n) is 2.92. The molecule has 0 saturated heterocycles. The lowest BCUT2D eigenvalue weighted by Crippen LogP contribution is -1.70. The average Bonchev–Trinajstić information content (AvgIpc) is 2.36. The fourth-order valence-corrected chi connectivity index (χ4v) is 0.898. The van der Waals surface area contributed by atoms with E-state index in [2.05, 4.69) is 6.26 Å². The highest BCUT2D eigenvalue weighted by Crippen LogP contribution is 2.17. The Morgan fingerprint density at radius 2 is 2.30 bits per heavy atom. The maximum atomic E-state index is 12.7. The number of hydrogen-bond donors (Lipinski definition) is 0. The van der Waals surface area contributed by atoms with Gasteiger partial charge < -0.3 is 4.42 Å². The van der Waals surface area contributed by atoms with E-state index in [1.807, 2.05) is 0 Å². The van der Waals surface area contributed by atoms with Crippen molar-refractivity contribution in [3.8, 4) is 0 Å². The normalized spacial score (nSPS) is 10.5. The van der Waals surface area contributed by atoms with Crippen molar-refractivity contribution in [2.75, 3.05) is 0 Å². The zero-order valence-electron chi connectivity index (χ0n) is 5.10. The summed E-state index contributed by atoms with van der Waals surface area (Å²) in [4.78, 5) is 0. The monoisotopic (exact) mass is 135 g/mol. The Balaban J connectivity index is 2.95. The third-order valence-corrected chi connectivity index (χ3v) is 1.39. The van der Waals surface area contributed by atoms with Gasteiger partial charge in [0.05, 0.1) is 5.39 Å². The molecule has 0 N–H and O–H groups in total. The fourth-order valence-electron chi connectivity index (χ4n) is 0.898. The summed E-state index contributed by atoms with van der Waals surface area (Å²) in [6.45, 7) is 0. The first kappa shape index (κ1) is 5.47. The first-order valence-corrected chi connectivity index (χ1v) is 2.92. The van der Waals surface area contributed by atoms with E-state index in [0.29, 0.717) is 11.0 Å². The van der Waals surface area contributed by atoms with Crippen LogP contribution >= 0.6 is 0 Å². The molecule has 0 bridgehead atoms. The molecule has 0 amide bonds. The SMILES string of the molecule is Fc1cccc2o[c]cc12. The molecule has 2 aromatic rings. The Labute approximate surface area is 57.1 Å². The maximum absolute atomic E-state index is 12.7. The third kappa shape index (κ3) is 0.620. The van der Waals surface area contributed by atoms with E-state index in [1.165, 1.54) is 12.1 Å². The van der Waals surface area contributed by atoms with Gasteiger partial charge in [-0.2, -0.15) is 0 Å². The molecule has 0 aliphatic heterocycles. The second-order valence-corrected chi connectivity index (χ2v) is 2.02. The zero-order valence-corrected chi connectivity index (χ0v) is 5.10. The van der Waals surface area contributed by atoms with Crippen LogP contribution in [0.2, 0.25) is 0 Å². The summed E-state index contributed by atoms with van der Waals surface area (Å²) in [7, 11) is 0. The number of rotatable bonds is 0. The van der Waals surface area contributed by atoms with Crippen molar-refractivity contribution >= 4 is 11.0 Å². The van der Waals surface area contributed by atoms with Crippen molar-refractivity contribution in [1.82, 2.24) is 0 Å². The minimum atomic E-state index is -0.262. The second-order valence-electron chi connectivity index (χ2n) is 2.02. The van der Waals surface area contributed by atoms with E-state index in [9.17, 15) is 4.39 Å². The van der Waals surface area contributed by atoms with Gasteiger partial charge in [-0.25, -0.2) is 4.39 Å². The Kier molecular flexibility index (Phi) is 1.01. The highest BCUT2D eigenvalue weighted by molar-refractivity contribution is 5.77. The molecule has 0 spiro atoms. The van der Waals surface area contributed by atoms with Crippen molar-refractivity contribution in [2.24, 2.45) is 0 Å². The molecule has 10 heavy (non-hydrogen) atoms. The summed E-state index contributed by atoms with van der Waals surface area (Å²) in [5.41, 5.74) is 0.542. The van der Waals surface area contributed by atoms with Gasteiger partial charge in [0.15, 0.2) is 6.26 Å². The molecule has 1 radical (unpaired) electrons. The molecular formula is C8H4FO. The molecule has 0 atom stereocenters. The fraction of sp³-hybridized carbons (Fsp3) is 0. The molecule has 0 saturated carbocycles. The first-order chi connectivity index (χ1) is 4.88. The van der Waals surface area contributed by atoms with E-state index < -0.39 is 0 Å². The van der Waals surface area contributed by atoms with Gasteiger partial charge in [-0.3, -0.25) is 0 Å². The van der Waals surface area contributed by atoms with Crippen LogP contribution in [0.5, 0.6) is 0 Å². The third-order valence-electron chi connectivity index (χ3n) is 1.39. The van der Waals surface area contributed by atoms with Gasteiger partial charge in [0.25, 0.3) is 0 Å². The summed E-state index contributed by atoms with van der Waals surface area (Å²) in [5.74, 6) is -0.262. The van der Waals surface area contributed by atoms with Crippen LogP contribution < -0.4 is 0 Å². The largest absolute Gasteiger partial charge is 0.453 e. The van der Waals surface area contributed by atoms with Gasteiger partial charge in [-0.05, 0) is 18.2 Å². The molecule has 49 valence electrons. The van der Waals surface area contributed by atoms with Gasteiger partial charge >= 0.3 is 0 Å². The van der Waals surface area contributed by atoms with Crippen LogP contribution in [-0.2, 0) is 0 Å². The van der Waals surface area contributed by atoms with Crippen LogP contribution in [0.3, 0.4) is 0 Å². The predicted molar refractivity (Wildman–Crippen MR) is 35.0 cm³/mol. The summed E-state index contributed by atoms with van der Waals surface area (Å²) in [6.07, 6.45) is 2.46. The van der Waals surface area contributed by atoms with Crippen LogP contribution in [0.4, 0.5) is 4.39 Å². The molecule has 0 aliphatic rings. The van der Waals surface area contributed by atoms with Crippen LogP contribution in [0, 0.1) is 12.1 Å². The maximum Gasteiger partial charge on any atom is 0.170 e. The summed E-state index contributed by atoms with van der Waals surface area (Å²) in [5, 5.41) is 0.488. The van der Waals surface area contributed by atoms with Gasteiger partial charge in [-0.15, -0.1) is 0 Å². The quantitative estimate of drug-likeness (QED) is 0.540. The number of halogens is 1. The lowest BCUT2D eigenvalue weighted by Gasteiger charge is -1.86. The summed E-state index contributed by atoms with van der Waals surface area (Å²) < 4.78 is 17.6. The second kappa shape index (κ2) is 1.84. The van der Waals surface area contributed by atoms with Crippen molar-refractivity contribution in [1.29, 1.82) is 0 Å². The molecular weight excluding hydrogens is 131 g/mol. The van der Waals surface area contributed by atoms with Gasteiger partial charge in [0, 0.05) is 0 Å². The Morgan fingerprint density at radius 1 is 1.40 bits per heavy atom. The molecule has 1 aromatic carbocycles. The van der Waals surface area contributed by atoms with E-state index >= 15 is 0 Å². The lowest BCUT2D eigenvalue weighted by molar-refractivity contribution is 0.602. The highest BCUT2D eigenvalue weighted by Gasteiger charge is 2.00. The zero-order chi connectivity index (χ0) is 6.97. The molecule has 0 fully saturated rings. The van der Waals surface area contributed by atoms with E-state index in [4.69, 9.17) is 4.42 Å². The Morgan fingerprint density at radius 3 is 3.10 bits per heavy atom. The van der Waals surface area contributed by atoms with Crippen molar-refractivity contribution in [3.63, 3.8) is 0 Å². The van der Waals surface area contributed by atoms with Gasteiger partial charge in [0.2, 0.25) is 0 Å². The van der Waals surface area contributed by atoms with Gasteiger partial charge in [-0.1, -0.05) is 6.07 Å². The molecule has 1 aromatic heterocycles. The smallest absolute Gasteiger partial charge is 0.170 e. The highest BCUT2D eigenvalue weighted by atomic mass is 19.1. The molecule has 2 heteroatoms.